The van der Waals surface area contributed by atoms with E-state index in [1.54, 1.807) is 0 Å². The van der Waals surface area contributed by atoms with Crippen LogP contribution >= 0.6 is 0 Å². The van der Waals surface area contributed by atoms with E-state index in [0.29, 0.717) is 24.4 Å². The van der Waals surface area contributed by atoms with Crippen molar-refractivity contribution in [2.45, 2.75) is 51.1 Å². The van der Waals surface area contributed by atoms with Crippen LogP contribution in [0.1, 0.15) is 49.5 Å². The highest BCUT2D eigenvalue weighted by molar-refractivity contribution is 5.96. The second kappa shape index (κ2) is 7.85. The number of fused-ring (bicyclic) bond motifs is 1. The van der Waals surface area contributed by atoms with Crippen molar-refractivity contribution in [1.29, 1.82) is 0 Å². The van der Waals surface area contributed by atoms with Crippen molar-refractivity contribution in [3.8, 4) is 5.75 Å². The highest BCUT2D eigenvalue weighted by Crippen LogP contribution is 2.26. The van der Waals surface area contributed by atoms with Gasteiger partial charge in [-0.05, 0) is 64.8 Å². The zero-order chi connectivity index (χ0) is 18.8. The van der Waals surface area contributed by atoms with E-state index < -0.39 is 0 Å². The average molecular weight is 367 g/mol. The molecule has 0 bridgehead atoms. The summed E-state index contributed by atoms with van der Waals surface area (Å²) in [4.78, 5) is 21.9. The molecule has 5 heteroatoms. The van der Waals surface area contributed by atoms with Gasteiger partial charge in [0.25, 0.3) is 5.91 Å². The number of carbonyl (C=O) groups excluding carboxylic acids is 1. The maximum absolute atomic E-state index is 12.9. The number of hydrogen-bond acceptors (Lipinski definition) is 4. The Morgan fingerprint density at radius 2 is 2.04 bits per heavy atom. The van der Waals surface area contributed by atoms with Crippen LogP contribution in [-0.4, -0.2) is 59.5 Å². The standard InChI is InChI=1S/C22H29N3O2/c1-16-6-4-14-25(16)22(26)19-11-10-17-7-3-9-20(21(17)23-19)27-15-12-18-8-5-13-24(18)2/h3,7,9-11,16,18H,4-6,8,12-15H2,1-2H3. The lowest BCUT2D eigenvalue weighted by atomic mass is 10.1. The highest BCUT2D eigenvalue weighted by atomic mass is 16.5. The number of nitrogens with zero attached hydrogens (tertiary/aromatic N) is 3. The number of amides is 1. The second-order valence-electron chi connectivity index (χ2n) is 7.93. The van der Waals surface area contributed by atoms with Crippen LogP contribution in [0.25, 0.3) is 10.9 Å². The zero-order valence-electron chi connectivity index (χ0n) is 16.4. The summed E-state index contributed by atoms with van der Waals surface area (Å²) in [6.45, 7) is 4.80. The Hall–Kier alpha value is -2.14. The van der Waals surface area contributed by atoms with E-state index >= 15 is 0 Å². The second-order valence-corrected chi connectivity index (χ2v) is 7.93. The molecule has 0 aliphatic carbocycles. The number of ether oxygens (including phenoxy) is 1. The van der Waals surface area contributed by atoms with E-state index in [2.05, 4.69) is 18.9 Å². The molecule has 2 aliphatic heterocycles. The molecule has 4 rings (SSSR count). The van der Waals surface area contributed by atoms with Crippen LogP contribution in [0.5, 0.6) is 5.75 Å². The monoisotopic (exact) mass is 367 g/mol. The maximum atomic E-state index is 12.9. The minimum atomic E-state index is 0.0317. The van der Waals surface area contributed by atoms with Gasteiger partial charge < -0.3 is 14.5 Å². The van der Waals surface area contributed by atoms with Crippen LogP contribution in [-0.2, 0) is 0 Å². The van der Waals surface area contributed by atoms with Gasteiger partial charge in [-0.2, -0.15) is 0 Å². The summed E-state index contributed by atoms with van der Waals surface area (Å²) in [5.74, 6) is 0.807. The topological polar surface area (TPSA) is 45.7 Å². The largest absolute Gasteiger partial charge is 0.491 e. The Labute approximate surface area is 161 Å². The molecule has 2 saturated heterocycles. The quantitative estimate of drug-likeness (QED) is 0.808. The molecule has 0 N–H and O–H groups in total. The van der Waals surface area contributed by atoms with Gasteiger partial charge in [0.15, 0.2) is 0 Å². The van der Waals surface area contributed by atoms with Gasteiger partial charge in [0.2, 0.25) is 0 Å². The first kappa shape index (κ1) is 18.2. The molecule has 1 amide bonds. The number of rotatable bonds is 5. The lowest BCUT2D eigenvalue weighted by Crippen LogP contribution is -2.34. The molecule has 3 heterocycles. The molecular weight excluding hydrogens is 338 g/mol. The minimum Gasteiger partial charge on any atom is -0.491 e. The summed E-state index contributed by atoms with van der Waals surface area (Å²) in [5.41, 5.74) is 1.30. The number of benzene rings is 1. The Bertz CT molecular complexity index is 822. The first-order valence-electron chi connectivity index (χ1n) is 10.2. The van der Waals surface area contributed by atoms with Crippen molar-refractivity contribution < 1.29 is 9.53 Å². The predicted molar refractivity (Wildman–Crippen MR) is 107 cm³/mol. The fourth-order valence-electron chi connectivity index (χ4n) is 4.39. The van der Waals surface area contributed by atoms with E-state index in [4.69, 9.17) is 9.72 Å². The molecule has 1 aromatic heterocycles. The maximum Gasteiger partial charge on any atom is 0.272 e. The molecule has 0 spiro atoms. The number of para-hydroxylation sites is 1. The zero-order valence-corrected chi connectivity index (χ0v) is 16.4. The normalized spacial score (nSPS) is 23.3. The van der Waals surface area contributed by atoms with Crippen LogP contribution in [0, 0.1) is 0 Å². The third-order valence-electron chi connectivity index (χ3n) is 6.10. The van der Waals surface area contributed by atoms with Crippen molar-refractivity contribution in [2.24, 2.45) is 0 Å². The van der Waals surface area contributed by atoms with Crippen LogP contribution < -0.4 is 4.74 Å². The summed E-state index contributed by atoms with van der Waals surface area (Å²) < 4.78 is 6.10. The summed E-state index contributed by atoms with van der Waals surface area (Å²) >= 11 is 0. The third kappa shape index (κ3) is 3.79. The van der Waals surface area contributed by atoms with Crippen LogP contribution in [0.4, 0.5) is 0 Å². The Morgan fingerprint density at radius 3 is 2.78 bits per heavy atom. The van der Waals surface area contributed by atoms with E-state index in [-0.39, 0.29) is 5.91 Å². The van der Waals surface area contributed by atoms with E-state index in [1.807, 2.05) is 35.2 Å². The molecule has 2 fully saturated rings. The molecule has 2 atom stereocenters. The summed E-state index contributed by atoms with van der Waals surface area (Å²) in [6.07, 6.45) is 5.70. The molecule has 27 heavy (non-hydrogen) atoms. The van der Waals surface area contributed by atoms with Gasteiger partial charge in [0, 0.05) is 24.0 Å². The van der Waals surface area contributed by atoms with Crippen molar-refractivity contribution >= 4 is 16.8 Å². The SMILES string of the molecule is CC1CCCN1C(=O)c1ccc2cccc(OCCC3CCCN3C)c2n1. The van der Waals surface area contributed by atoms with Crippen LogP contribution in [0.2, 0.25) is 0 Å². The van der Waals surface area contributed by atoms with Gasteiger partial charge in [-0.1, -0.05) is 18.2 Å². The molecule has 5 nitrogen and oxygen atoms in total. The summed E-state index contributed by atoms with van der Waals surface area (Å²) in [6, 6.07) is 10.7. The average Bonchev–Trinajstić information content (AvgIpc) is 3.29. The Balaban J connectivity index is 1.51. The number of carbonyl (C=O) groups is 1. The van der Waals surface area contributed by atoms with Crippen LogP contribution in [0.3, 0.4) is 0 Å². The number of aromatic nitrogens is 1. The van der Waals surface area contributed by atoms with E-state index in [9.17, 15) is 4.79 Å². The van der Waals surface area contributed by atoms with Crippen molar-refractivity contribution in [1.82, 2.24) is 14.8 Å². The predicted octanol–water partition coefficient (Wildman–Crippen LogP) is 3.72. The first-order valence-corrected chi connectivity index (χ1v) is 10.2. The van der Waals surface area contributed by atoms with Gasteiger partial charge >= 0.3 is 0 Å². The van der Waals surface area contributed by atoms with Crippen molar-refractivity contribution in [3.05, 3.63) is 36.0 Å². The Morgan fingerprint density at radius 1 is 1.19 bits per heavy atom. The van der Waals surface area contributed by atoms with Gasteiger partial charge in [-0.3, -0.25) is 4.79 Å². The van der Waals surface area contributed by atoms with Gasteiger partial charge in [0.1, 0.15) is 17.0 Å². The third-order valence-corrected chi connectivity index (χ3v) is 6.10. The molecule has 1 aromatic carbocycles. The molecule has 0 radical (unpaired) electrons. The number of likely N-dealkylation sites (tertiary alicyclic amines) is 2. The highest BCUT2D eigenvalue weighted by Gasteiger charge is 2.27. The van der Waals surface area contributed by atoms with Gasteiger partial charge in [-0.25, -0.2) is 4.98 Å². The van der Waals surface area contributed by atoms with E-state index in [0.717, 1.165) is 42.5 Å². The molecular formula is C22H29N3O2. The lowest BCUT2D eigenvalue weighted by Gasteiger charge is -2.21. The molecule has 2 unspecified atom stereocenters. The van der Waals surface area contributed by atoms with Crippen molar-refractivity contribution in [3.63, 3.8) is 0 Å². The molecule has 2 aromatic rings. The number of hydrogen-bond donors (Lipinski definition) is 0. The van der Waals surface area contributed by atoms with Crippen LogP contribution in [0.15, 0.2) is 30.3 Å². The van der Waals surface area contributed by atoms with E-state index in [1.165, 1.54) is 19.4 Å². The minimum absolute atomic E-state index is 0.0317. The fraction of sp³-hybridized carbons (Fsp3) is 0.545. The molecule has 2 aliphatic rings. The first-order chi connectivity index (χ1) is 13.1. The summed E-state index contributed by atoms with van der Waals surface area (Å²) in [5, 5.41) is 1.01. The Kier molecular flexibility index (Phi) is 5.30. The molecule has 144 valence electrons. The van der Waals surface area contributed by atoms with Gasteiger partial charge in [0.05, 0.1) is 6.61 Å². The summed E-state index contributed by atoms with van der Waals surface area (Å²) in [7, 11) is 2.19. The fourth-order valence-corrected chi connectivity index (χ4v) is 4.39. The smallest absolute Gasteiger partial charge is 0.272 e. The van der Waals surface area contributed by atoms with Gasteiger partial charge in [-0.15, -0.1) is 0 Å². The van der Waals surface area contributed by atoms with Crippen molar-refractivity contribution in [2.75, 3.05) is 26.7 Å². The number of pyridine rings is 1. The molecule has 0 saturated carbocycles. The lowest BCUT2D eigenvalue weighted by molar-refractivity contribution is 0.0742.